The number of hydrogen-bond donors (Lipinski definition) is 0. The third-order valence-corrected chi connectivity index (χ3v) is 1.53. The first-order chi connectivity index (χ1) is 5.57. The lowest BCUT2D eigenvalue weighted by molar-refractivity contribution is -0.142. The first kappa shape index (κ1) is 11.2. The van der Waals surface area contributed by atoms with Crippen LogP contribution in [0.1, 0.15) is 20.3 Å². The first-order valence-corrected chi connectivity index (χ1v) is 3.98. The quantitative estimate of drug-likeness (QED) is 0.385. The van der Waals surface area contributed by atoms with E-state index in [0.717, 1.165) is 0 Å². The van der Waals surface area contributed by atoms with E-state index in [1.165, 1.54) is 6.08 Å². The highest BCUT2D eigenvalue weighted by molar-refractivity contribution is 6.67. The third kappa shape index (κ3) is 4.91. The van der Waals surface area contributed by atoms with Gasteiger partial charge < -0.3 is 4.74 Å². The van der Waals surface area contributed by atoms with Gasteiger partial charge in [-0.2, -0.15) is 0 Å². The van der Waals surface area contributed by atoms with Crippen molar-refractivity contribution in [1.29, 1.82) is 0 Å². The number of ether oxygens (including phenoxy) is 1. The van der Waals surface area contributed by atoms with Crippen LogP contribution in [0.25, 0.3) is 0 Å². The van der Waals surface area contributed by atoms with E-state index in [0.29, 0.717) is 12.0 Å². The van der Waals surface area contributed by atoms with Gasteiger partial charge in [0.05, 0.1) is 0 Å². The van der Waals surface area contributed by atoms with Gasteiger partial charge in [-0.1, -0.05) is 6.92 Å². The van der Waals surface area contributed by atoms with E-state index in [2.05, 4.69) is 4.74 Å². The molecule has 0 aliphatic heterocycles. The molecule has 0 aliphatic rings. The van der Waals surface area contributed by atoms with E-state index < -0.39 is 5.24 Å². The molecular weight excluding hydrogens is 180 g/mol. The Labute approximate surface area is 76.3 Å². The van der Waals surface area contributed by atoms with E-state index in [1.54, 1.807) is 13.8 Å². The number of esters is 1. The number of rotatable bonds is 4. The minimum Gasteiger partial charge on any atom is -0.461 e. The average Bonchev–Trinajstić information content (AvgIpc) is 2.03. The summed E-state index contributed by atoms with van der Waals surface area (Å²) in [6.07, 6.45) is 1.81. The highest BCUT2D eigenvalue weighted by Gasteiger charge is 1.99. The molecule has 0 N–H and O–H groups in total. The molecule has 0 aliphatic carbocycles. The maximum absolute atomic E-state index is 10.6. The van der Waals surface area contributed by atoms with Crippen molar-refractivity contribution in [2.75, 3.05) is 6.61 Å². The first-order valence-electron chi connectivity index (χ1n) is 3.60. The Morgan fingerprint density at radius 2 is 2.08 bits per heavy atom. The van der Waals surface area contributed by atoms with Crippen molar-refractivity contribution in [3.8, 4) is 0 Å². The summed E-state index contributed by atoms with van der Waals surface area (Å²) in [7, 11) is 0. The van der Waals surface area contributed by atoms with E-state index in [9.17, 15) is 9.59 Å². The summed E-state index contributed by atoms with van der Waals surface area (Å²) in [6.45, 7) is 3.37. The summed E-state index contributed by atoms with van der Waals surface area (Å²) >= 11 is 5.13. The molecule has 4 heteroatoms. The van der Waals surface area contributed by atoms with Crippen LogP contribution in [-0.4, -0.2) is 17.8 Å². The smallest absolute Gasteiger partial charge is 0.305 e. The highest BCUT2D eigenvalue weighted by atomic mass is 35.5. The molecule has 0 fully saturated rings. The molecule has 68 valence electrons. The molecule has 0 aromatic rings. The molecule has 0 unspecified atom stereocenters. The Balaban J connectivity index is 3.75. The number of halogens is 1. The van der Waals surface area contributed by atoms with Crippen molar-refractivity contribution in [2.45, 2.75) is 20.3 Å². The largest absolute Gasteiger partial charge is 0.461 e. The van der Waals surface area contributed by atoms with Crippen LogP contribution in [0.5, 0.6) is 0 Å². The van der Waals surface area contributed by atoms with Gasteiger partial charge in [0.2, 0.25) is 5.24 Å². The zero-order valence-corrected chi connectivity index (χ0v) is 7.85. The molecule has 0 aromatic heterocycles. The van der Waals surface area contributed by atoms with Gasteiger partial charge in [0.15, 0.2) is 0 Å². The second-order valence-corrected chi connectivity index (χ2v) is 2.54. The molecule has 0 amide bonds. The van der Waals surface area contributed by atoms with Gasteiger partial charge in [0, 0.05) is 12.0 Å². The van der Waals surface area contributed by atoms with Crippen LogP contribution in [0.15, 0.2) is 11.6 Å². The third-order valence-electron chi connectivity index (χ3n) is 1.23. The Kier molecular flexibility index (Phi) is 5.37. The number of carbonyl (C=O) groups is 2. The van der Waals surface area contributed by atoms with Gasteiger partial charge in [-0.15, -0.1) is 0 Å². The summed E-state index contributed by atoms with van der Waals surface area (Å²) in [5.74, 6) is -0.291. The minimum atomic E-state index is -0.525. The van der Waals surface area contributed by atoms with Crippen molar-refractivity contribution < 1.29 is 14.3 Å². The van der Waals surface area contributed by atoms with Gasteiger partial charge in [-0.05, 0) is 24.6 Å². The van der Waals surface area contributed by atoms with Gasteiger partial charge in [-0.3, -0.25) is 9.59 Å². The monoisotopic (exact) mass is 190 g/mol. The molecule has 0 radical (unpaired) electrons. The van der Waals surface area contributed by atoms with Gasteiger partial charge >= 0.3 is 5.97 Å². The Morgan fingerprint density at radius 3 is 2.50 bits per heavy atom. The average molecular weight is 191 g/mol. The molecule has 3 nitrogen and oxygen atoms in total. The molecule has 0 saturated carbocycles. The Hall–Kier alpha value is -0.830. The van der Waals surface area contributed by atoms with Crippen LogP contribution >= 0.6 is 11.6 Å². The molecule has 0 atom stereocenters. The van der Waals surface area contributed by atoms with Crippen LogP contribution in [0, 0.1) is 0 Å². The van der Waals surface area contributed by atoms with Gasteiger partial charge in [0.1, 0.15) is 6.61 Å². The molecule has 0 bridgehead atoms. The lowest BCUT2D eigenvalue weighted by Gasteiger charge is -1.98. The van der Waals surface area contributed by atoms with E-state index in [4.69, 9.17) is 11.6 Å². The van der Waals surface area contributed by atoms with E-state index in [-0.39, 0.29) is 12.6 Å². The zero-order valence-electron chi connectivity index (χ0n) is 7.09. The number of hydrogen-bond acceptors (Lipinski definition) is 3. The number of allylic oxidation sites excluding steroid dienone is 1. The van der Waals surface area contributed by atoms with E-state index >= 15 is 0 Å². The second kappa shape index (κ2) is 5.77. The second-order valence-electron chi connectivity index (χ2n) is 2.20. The van der Waals surface area contributed by atoms with Crippen molar-refractivity contribution in [2.24, 2.45) is 0 Å². The minimum absolute atomic E-state index is 0.108. The summed E-state index contributed by atoms with van der Waals surface area (Å²) in [5, 5.41) is -0.525. The predicted octanol–water partition coefficient (Wildman–Crippen LogP) is 1.65. The fourth-order valence-corrected chi connectivity index (χ4v) is 0.519. The molecule has 0 aromatic carbocycles. The molecule has 0 saturated heterocycles. The SMILES string of the molecule is CCC(=O)OCC=C(C)C(=O)Cl. The predicted molar refractivity (Wildman–Crippen MR) is 45.9 cm³/mol. The fraction of sp³-hybridized carbons (Fsp3) is 0.500. The lowest BCUT2D eigenvalue weighted by Crippen LogP contribution is -2.03. The Bertz CT molecular complexity index is 208. The summed E-state index contributed by atoms with van der Waals surface area (Å²) in [5.41, 5.74) is 0.389. The van der Waals surface area contributed by atoms with Crippen molar-refractivity contribution >= 4 is 22.8 Å². The van der Waals surface area contributed by atoms with Gasteiger partial charge in [0.25, 0.3) is 0 Å². The van der Waals surface area contributed by atoms with Crippen LogP contribution in [0.3, 0.4) is 0 Å². The maximum atomic E-state index is 10.6. The topological polar surface area (TPSA) is 43.4 Å². The molecule has 0 heterocycles. The number of carbonyl (C=O) groups excluding carboxylic acids is 2. The summed E-state index contributed by atoms with van der Waals surface area (Å²) in [6, 6.07) is 0. The maximum Gasteiger partial charge on any atom is 0.305 e. The van der Waals surface area contributed by atoms with Crippen molar-refractivity contribution in [1.82, 2.24) is 0 Å². The van der Waals surface area contributed by atoms with Crippen LogP contribution in [0.4, 0.5) is 0 Å². The van der Waals surface area contributed by atoms with Crippen molar-refractivity contribution in [3.63, 3.8) is 0 Å². The molecule has 12 heavy (non-hydrogen) atoms. The summed E-state index contributed by atoms with van der Waals surface area (Å²) in [4.78, 5) is 21.0. The zero-order chi connectivity index (χ0) is 9.56. The summed E-state index contributed by atoms with van der Waals surface area (Å²) < 4.78 is 4.69. The Morgan fingerprint density at radius 1 is 1.50 bits per heavy atom. The normalized spacial score (nSPS) is 11.1. The van der Waals surface area contributed by atoms with Gasteiger partial charge in [-0.25, -0.2) is 0 Å². The molecular formula is C8H11ClO3. The highest BCUT2D eigenvalue weighted by Crippen LogP contribution is 1.98. The van der Waals surface area contributed by atoms with Crippen LogP contribution in [0.2, 0.25) is 0 Å². The van der Waals surface area contributed by atoms with E-state index in [1.807, 2.05) is 0 Å². The van der Waals surface area contributed by atoms with Crippen molar-refractivity contribution in [3.05, 3.63) is 11.6 Å². The fourth-order valence-electron chi connectivity index (χ4n) is 0.442. The molecule has 0 rings (SSSR count). The van der Waals surface area contributed by atoms with Crippen LogP contribution < -0.4 is 0 Å². The van der Waals surface area contributed by atoms with Crippen LogP contribution in [-0.2, 0) is 14.3 Å². The molecule has 0 spiro atoms. The lowest BCUT2D eigenvalue weighted by atomic mass is 10.3. The standard InChI is InChI=1S/C8H11ClO3/c1-3-7(10)12-5-4-6(2)8(9)11/h4H,3,5H2,1-2H3.